The summed E-state index contributed by atoms with van der Waals surface area (Å²) in [5.41, 5.74) is 0.752. The number of benzene rings is 4. The zero-order chi connectivity index (χ0) is 21.4. The number of rotatable bonds is 8. The Morgan fingerprint density at radius 3 is 1.48 bits per heavy atom. The third-order valence-corrected chi connectivity index (χ3v) is 7.71. The molecule has 1 unspecified atom stereocenters. The quantitative estimate of drug-likeness (QED) is 0.226. The average Bonchev–Trinajstić information content (AvgIpc) is 2.85. The van der Waals surface area contributed by atoms with Crippen molar-refractivity contribution in [2.24, 2.45) is 0 Å². The van der Waals surface area contributed by atoms with Crippen molar-refractivity contribution in [2.75, 3.05) is 0 Å². The van der Waals surface area contributed by atoms with E-state index < -0.39 is 5.60 Å². The van der Waals surface area contributed by atoms with Gasteiger partial charge in [0.15, 0.2) is 0 Å². The predicted molar refractivity (Wildman–Crippen MR) is 134 cm³/mol. The molecule has 0 fully saturated rings. The molecule has 0 saturated heterocycles. The molecule has 0 aliphatic heterocycles. The Morgan fingerprint density at radius 2 is 1.00 bits per heavy atom. The standard InChI is InChI=1S/C28H24OS2/c29-28(24-15-7-2-8-16-24,22-21-23-13-5-1-6-14-23)27(30-25-17-9-3-10-18-25)31-26-19-11-4-12-20-26/h1-22,27,29H/b22-21+. The van der Waals surface area contributed by atoms with Crippen LogP contribution in [0.1, 0.15) is 11.1 Å². The molecule has 0 aliphatic rings. The number of hydrogen-bond acceptors (Lipinski definition) is 3. The van der Waals surface area contributed by atoms with Gasteiger partial charge in [-0.15, -0.1) is 23.5 Å². The van der Waals surface area contributed by atoms with E-state index in [0.29, 0.717) is 0 Å². The molecule has 0 aromatic heterocycles. The summed E-state index contributed by atoms with van der Waals surface area (Å²) in [6, 6.07) is 40.6. The van der Waals surface area contributed by atoms with Crippen LogP contribution in [0.15, 0.2) is 137 Å². The second-order valence-electron chi connectivity index (χ2n) is 7.13. The van der Waals surface area contributed by atoms with Crippen LogP contribution in [0, 0.1) is 0 Å². The lowest BCUT2D eigenvalue weighted by Crippen LogP contribution is -2.33. The summed E-state index contributed by atoms with van der Waals surface area (Å²) in [6.07, 6.45) is 3.95. The minimum Gasteiger partial charge on any atom is -0.379 e. The lowest BCUT2D eigenvalue weighted by Gasteiger charge is -2.34. The summed E-state index contributed by atoms with van der Waals surface area (Å²) in [7, 11) is 0. The summed E-state index contributed by atoms with van der Waals surface area (Å²) < 4.78 is -0.195. The summed E-state index contributed by atoms with van der Waals surface area (Å²) in [5, 5.41) is 12.2. The zero-order valence-corrected chi connectivity index (χ0v) is 18.7. The average molecular weight is 441 g/mol. The van der Waals surface area contributed by atoms with Gasteiger partial charge in [-0.25, -0.2) is 0 Å². The van der Waals surface area contributed by atoms with Crippen molar-refractivity contribution in [1.82, 2.24) is 0 Å². The molecular formula is C28H24OS2. The van der Waals surface area contributed by atoms with Crippen molar-refractivity contribution in [2.45, 2.75) is 20.0 Å². The van der Waals surface area contributed by atoms with Gasteiger partial charge in [0.05, 0.1) is 4.58 Å². The molecule has 0 aliphatic carbocycles. The van der Waals surface area contributed by atoms with E-state index in [2.05, 4.69) is 24.3 Å². The molecule has 154 valence electrons. The van der Waals surface area contributed by atoms with Gasteiger partial charge in [0.2, 0.25) is 0 Å². The molecule has 4 aromatic rings. The molecule has 31 heavy (non-hydrogen) atoms. The lowest BCUT2D eigenvalue weighted by molar-refractivity contribution is 0.109. The van der Waals surface area contributed by atoms with Crippen molar-refractivity contribution in [3.05, 3.63) is 139 Å². The van der Waals surface area contributed by atoms with Crippen LogP contribution in [0.4, 0.5) is 0 Å². The second kappa shape index (κ2) is 10.5. The predicted octanol–water partition coefficient (Wildman–Crippen LogP) is 7.50. The first kappa shape index (κ1) is 21.5. The fraction of sp³-hybridized carbons (Fsp3) is 0.0714. The molecule has 0 heterocycles. The van der Waals surface area contributed by atoms with Gasteiger partial charge in [-0.05, 0) is 41.5 Å². The van der Waals surface area contributed by atoms with Crippen LogP contribution in [0.3, 0.4) is 0 Å². The fourth-order valence-electron chi connectivity index (χ4n) is 3.25. The first-order valence-corrected chi connectivity index (χ1v) is 12.0. The smallest absolute Gasteiger partial charge is 0.130 e. The molecule has 1 nitrogen and oxygen atoms in total. The first-order chi connectivity index (χ1) is 15.2. The van der Waals surface area contributed by atoms with Crippen LogP contribution in [-0.2, 0) is 5.60 Å². The summed E-state index contributed by atoms with van der Waals surface area (Å²) >= 11 is 3.36. The Morgan fingerprint density at radius 1 is 0.581 bits per heavy atom. The lowest BCUT2D eigenvalue weighted by atomic mass is 9.94. The van der Waals surface area contributed by atoms with Crippen LogP contribution < -0.4 is 0 Å². The van der Waals surface area contributed by atoms with Gasteiger partial charge in [-0.2, -0.15) is 0 Å². The Balaban J connectivity index is 1.77. The van der Waals surface area contributed by atoms with Gasteiger partial charge in [0.1, 0.15) is 5.60 Å². The SMILES string of the molecule is OC(/C=C/c1ccccc1)(c1ccccc1)C(Sc1ccccc1)Sc1ccccc1. The molecule has 4 rings (SSSR count). The van der Waals surface area contributed by atoms with Gasteiger partial charge >= 0.3 is 0 Å². The van der Waals surface area contributed by atoms with Gasteiger partial charge in [-0.1, -0.05) is 103 Å². The van der Waals surface area contributed by atoms with E-state index >= 15 is 0 Å². The number of aliphatic hydroxyl groups is 1. The van der Waals surface area contributed by atoms with E-state index in [1.165, 1.54) is 0 Å². The Hall–Kier alpha value is -2.72. The van der Waals surface area contributed by atoms with Crippen LogP contribution >= 0.6 is 23.5 Å². The molecule has 0 saturated carbocycles. The molecule has 3 heteroatoms. The maximum atomic E-state index is 12.2. The van der Waals surface area contributed by atoms with Gasteiger partial charge in [0, 0.05) is 9.79 Å². The van der Waals surface area contributed by atoms with Crippen LogP contribution in [0.2, 0.25) is 0 Å². The highest BCUT2D eigenvalue weighted by Crippen LogP contribution is 2.47. The van der Waals surface area contributed by atoms with Crippen molar-refractivity contribution in [1.29, 1.82) is 0 Å². The minimum atomic E-state index is -1.18. The Labute approximate surface area is 192 Å². The maximum absolute atomic E-state index is 12.2. The zero-order valence-electron chi connectivity index (χ0n) is 17.0. The van der Waals surface area contributed by atoms with E-state index in [1.54, 1.807) is 23.5 Å². The minimum absolute atomic E-state index is 0.195. The highest BCUT2D eigenvalue weighted by atomic mass is 32.2. The molecule has 0 amide bonds. The van der Waals surface area contributed by atoms with Gasteiger partial charge in [0.25, 0.3) is 0 Å². The molecule has 0 spiro atoms. The second-order valence-corrected chi connectivity index (χ2v) is 9.78. The topological polar surface area (TPSA) is 20.2 Å². The van der Waals surface area contributed by atoms with Crippen molar-refractivity contribution in [3.63, 3.8) is 0 Å². The highest BCUT2D eigenvalue weighted by Gasteiger charge is 2.38. The van der Waals surface area contributed by atoms with E-state index in [1.807, 2.05) is 109 Å². The van der Waals surface area contributed by atoms with Crippen LogP contribution in [0.25, 0.3) is 6.08 Å². The van der Waals surface area contributed by atoms with Crippen LogP contribution in [-0.4, -0.2) is 9.69 Å². The third-order valence-electron chi connectivity index (χ3n) is 4.90. The van der Waals surface area contributed by atoms with Crippen molar-refractivity contribution >= 4 is 29.6 Å². The van der Waals surface area contributed by atoms with E-state index in [4.69, 9.17) is 0 Å². The highest BCUT2D eigenvalue weighted by molar-refractivity contribution is 8.17. The molecule has 4 aromatic carbocycles. The molecular weight excluding hydrogens is 416 g/mol. The maximum Gasteiger partial charge on any atom is 0.130 e. The fourth-order valence-corrected chi connectivity index (χ4v) is 6.02. The Kier molecular flexibility index (Phi) is 7.31. The molecule has 1 atom stereocenters. The number of thioether (sulfide) groups is 2. The molecule has 0 radical (unpaired) electrons. The van der Waals surface area contributed by atoms with E-state index in [9.17, 15) is 5.11 Å². The van der Waals surface area contributed by atoms with Gasteiger partial charge < -0.3 is 5.11 Å². The summed E-state index contributed by atoms with van der Waals surface area (Å²) in [6.45, 7) is 0. The van der Waals surface area contributed by atoms with Crippen LogP contribution in [0.5, 0.6) is 0 Å². The largest absolute Gasteiger partial charge is 0.379 e. The first-order valence-electron chi connectivity index (χ1n) is 10.2. The monoisotopic (exact) mass is 440 g/mol. The third kappa shape index (κ3) is 5.71. The van der Waals surface area contributed by atoms with Crippen molar-refractivity contribution in [3.8, 4) is 0 Å². The van der Waals surface area contributed by atoms with Gasteiger partial charge in [-0.3, -0.25) is 0 Å². The van der Waals surface area contributed by atoms with E-state index in [0.717, 1.165) is 20.9 Å². The number of hydrogen-bond donors (Lipinski definition) is 1. The normalized spacial score (nSPS) is 13.4. The van der Waals surface area contributed by atoms with Crippen molar-refractivity contribution < 1.29 is 5.11 Å². The summed E-state index contributed by atoms with van der Waals surface area (Å²) in [4.78, 5) is 2.25. The molecule has 1 N–H and O–H groups in total. The molecule has 0 bridgehead atoms. The summed E-state index contributed by atoms with van der Waals surface area (Å²) in [5.74, 6) is 0. The van der Waals surface area contributed by atoms with E-state index in [-0.39, 0.29) is 4.58 Å². The Bertz CT molecular complexity index is 1040.